The SMILES string of the molecule is C1CC1.CNC(=O)c1cnc2c(NC)cc(-c3cn(C4CCN(CCC5CCN(C(=O)c6ccc(Cl)c(N7CCC(=O)NC7=O)c6)CC5)CC4)c4ccccc34)nn12. The van der Waals surface area contributed by atoms with Crippen molar-refractivity contribution in [2.24, 2.45) is 5.92 Å². The van der Waals surface area contributed by atoms with E-state index in [1.54, 1.807) is 36.0 Å². The minimum Gasteiger partial charge on any atom is -0.385 e. The number of imide groups is 1. The predicted octanol–water partition coefficient (Wildman–Crippen LogP) is 6.60. The fourth-order valence-corrected chi connectivity index (χ4v) is 8.54. The molecule has 5 amide bonds. The Bertz CT molecular complexity index is 2340. The third-order valence-electron chi connectivity index (χ3n) is 11.8. The molecular formula is C43H51ClN10O4. The van der Waals surface area contributed by atoms with E-state index < -0.39 is 6.03 Å². The van der Waals surface area contributed by atoms with E-state index in [1.807, 2.05) is 18.0 Å². The van der Waals surface area contributed by atoms with Gasteiger partial charge in [-0.15, -0.1) is 0 Å². The molecule has 304 valence electrons. The number of nitrogens with one attached hydrogen (secondary N) is 3. The molecule has 0 radical (unpaired) electrons. The number of carbonyl (C=O) groups is 4. The third-order valence-corrected chi connectivity index (χ3v) is 12.1. The average Bonchev–Trinajstić information content (AvgIpc) is 4.00. The van der Waals surface area contributed by atoms with Crippen LogP contribution in [0.1, 0.15) is 84.7 Å². The van der Waals surface area contributed by atoms with Crippen molar-refractivity contribution in [3.05, 3.63) is 77.2 Å². The van der Waals surface area contributed by atoms with Gasteiger partial charge in [-0.25, -0.2) is 14.3 Å². The fraction of sp³-hybridized carbons (Fsp3) is 0.442. The summed E-state index contributed by atoms with van der Waals surface area (Å²) in [6.07, 6.45) is 13.6. The molecule has 3 aliphatic heterocycles. The molecule has 1 aliphatic carbocycles. The van der Waals surface area contributed by atoms with Crippen molar-refractivity contribution in [1.82, 2.24) is 39.6 Å². The van der Waals surface area contributed by atoms with Crippen LogP contribution in [0.3, 0.4) is 0 Å². The second-order valence-electron chi connectivity index (χ2n) is 15.7. The molecule has 3 saturated heterocycles. The lowest BCUT2D eigenvalue weighted by molar-refractivity contribution is -0.120. The summed E-state index contributed by atoms with van der Waals surface area (Å²) in [7, 11) is 3.45. The minimum absolute atomic E-state index is 0.0678. The number of carbonyl (C=O) groups excluding carboxylic acids is 4. The van der Waals surface area contributed by atoms with E-state index in [1.165, 1.54) is 29.7 Å². The number of nitrogens with zero attached hydrogens (tertiary/aromatic N) is 7. The van der Waals surface area contributed by atoms with Gasteiger partial charge in [0.25, 0.3) is 11.8 Å². The number of likely N-dealkylation sites (tertiary alicyclic amines) is 2. The molecular weight excluding hydrogens is 756 g/mol. The number of aromatic nitrogens is 4. The number of halogens is 1. The summed E-state index contributed by atoms with van der Waals surface area (Å²) < 4.78 is 4.03. The van der Waals surface area contributed by atoms with Gasteiger partial charge in [-0.05, 0) is 74.9 Å². The normalized spacial score (nSPS) is 17.9. The minimum atomic E-state index is -0.527. The molecule has 2 aromatic carbocycles. The number of fused-ring (bicyclic) bond motifs is 2. The highest BCUT2D eigenvalue weighted by Gasteiger charge is 2.30. The number of anilines is 2. The van der Waals surface area contributed by atoms with Crippen molar-refractivity contribution < 1.29 is 19.2 Å². The molecule has 4 aliphatic rings. The third kappa shape index (κ3) is 8.26. The topological polar surface area (TPSA) is 149 Å². The van der Waals surface area contributed by atoms with E-state index >= 15 is 0 Å². The van der Waals surface area contributed by atoms with Gasteiger partial charge < -0.3 is 25.0 Å². The quantitative estimate of drug-likeness (QED) is 0.151. The molecule has 0 spiro atoms. The number of rotatable bonds is 9. The Hall–Kier alpha value is -5.47. The Kier molecular flexibility index (Phi) is 11.7. The monoisotopic (exact) mass is 806 g/mol. The first-order valence-electron chi connectivity index (χ1n) is 20.5. The van der Waals surface area contributed by atoms with Crippen LogP contribution in [0.4, 0.5) is 16.2 Å². The first-order valence-corrected chi connectivity index (χ1v) is 20.9. The van der Waals surface area contributed by atoms with E-state index in [0.717, 1.165) is 74.1 Å². The van der Waals surface area contributed by atoms with Gasteiger partial charge in [0.1, 0.15) is 0 Å². The standard InChI is InChI=1S/C40H45ClN10O4.C3H6/c1-42-32-22-31(46-51-35(38(53)43-2)23-44-37(32)51)29-24-50(33-6-4-3-5-28(29)33)27-12-16-47(17-13-27)15-9-25-10-18-48(19-11-25)39(54)26-7-8-30(41)34(21-26)49-20-14-36(52)45-40(49)55;1-2-3-1/h3-8,21-25,27,42H,9-20H2,1-2H3,(H,43,53)(H,45,52,55);1-3H2. The van der Waals surface area contributed by atoms with Gasteiger partial charge in [0, 0.05) is 87.5 Å². The van der Waals surface area contributed by atoms with Crippen LogP contribution in [0.25, 0.3) is 27.8 Å². The zero-order valence-electron chi connectivity index (χ0n) is 33.2. The first kappa shape index (κ1) is 39.4. The predicted molar refractivity (Wildman–Crippen MR) is 226 cm³/mol. The van der Waals surface area contributed by atoms with Gasteiger partial charge in [0.05, 0.1) is 28.3 Å². The summed E-state index contributed by atoms with van der Waals surface area (Å²) in [5, 5.41) is 14.6. The Morgan fingerprint density at radius 3 is 2.40 bits per heavy atom. The number of urea groups is 1. The van der Waals surface area contributed by atoms with Crippen molar-refractivity contribution in [2.75, 3.05) is 63.6 Å². The molecule has 9 rings (SSSR count). The number of hydrogen-bond acceptors (Lipinski definition) is 8. The van der Waals surface area contributed by atoms with Gasteiger partial charge in [0.15, 0.2) is 11.3 Å². The van der Waals surface area contributed by atoms with E-state index in [4.69, 9.17) is 16.7 Å². The van der Waals surface area contributed by atoms with Gasteiger partial charge >= 0.3 is 6.03 Å². The Labute approximate surface area is 342 Å². The largest absolute Gasteiger partial charge is 0.385 e. The number of amides is 5. The zero-order chi connectivity index (χ0) is 40.3. The lowest BCUT2D eigenvalue weighted by Crippen LogP contribution is -2.49. The highest BCUT2D eigenvalue weighted by molar-refractivity contribution is 6.34. The number of para-hydroxylation sites is 1. The van der Waals surface area contributed by atoms with Crippen LogP contribution in [-0.2, 0) is 4.79 Å². The summed E-state index contributed by atoms with van der Waals surface area (Å²) in [6.45, 7) is 4.68. The molecule has 14 nitrogen and oxygen atoms in total. The summed E-state index contributed by atoms with van der Waals surface area (Å²) in [4.78, 5) is 60.5. The molecule has 0 unspecified atom stereocenters. The summed E-state index contributed by atoms with van der Waals surface area (Å²) in [6, 6.07) is 15.3. The maximum Gasteiger partial charge on any atom is 0.328 e. The smallest absolute Gasteiger partial charge is 0.328 e. The molecule has 5 aromatic rings. The molecule has 0 bridgehead atoms. The van der Waals surface area contributed by atoms with E-state index in [-0.39, 0.29) is 30.7 Å². The summed E-state index contributed by atoms with van der Waals surface area (Å²) in [5.74, 6) is -0.0768. The molecule has 0 atom stereocenters. The maximum atomic E-state index is 13.5. The van der Waals surface area contributed by atoms with Crippen LogP contribution < -0.4 is 20.9 Å². The molecule has 58 heavy (non-hydrogen) atoms. The van der Waals surface area contributed by atoms with Crippen molar-refractivity contribution in [1.29, 1.82) is 0 Å². The van der Waals surface area contributed by atoms with Gasteiger partial charge in [0.2, 0.25) is 5.91 Å². The van der Waals surface area contributed by atoms with Crippen LogP contribution in [0.15, 0.2) is 60.9 Å². The second-order valence-corrected chi connectivity index (χ2v) is 16.1. The molecule has 3 aromatic heterocycles. The van der Waals surface area contributed by atoms with Gasteiger partial charge in [-0.1, -0.05) is 49.1 Å². The molecule has 6 heterocycles. The highest BCUT2D eigenvalue weighted by Crippen LogP contribution is 2.37. The van der Waals surface area contributed by atoms with Crippen LogP contribution in [0, 0.1) is 5.92 Å². The highest BCUT2D eigenvalue weighted by atomic mass is 35.5. The number of benzene rings is 2. The van der Waals surface area contributed by atoms with E-state index in [0.29, 0.717) is 52.7 Å². The van der Waals surface area contributed by atoms with Gasteiger partial charge in [-0.2, -0.15) is 5.10 Å². The van der Waals surface area contributed by atoms with Crippen LogP contribution in [-0.4, -0.2) is 106 Å². The molecule has 15 heteroatoms. The molecule has 1 saturated carbocycles. The second kappa shape index (κ2) is 17.2. The molecule has 4 fully saturated rings. The Morgan fingerprint density at radius 1 is 0.931 bits per heavy atom. The van der Waals surface area contributed by atoms with Gasteiger partial charge in [-0.3, -0.25) is 24.6 Å². The first-order chi connectivity index (χ1) is 28.2. The number of piperidine rings is 2. The maximum absolute atomic E-state index is 13.5. The van der Waals surface area contributed by atoms with Crippen molar-refractivity contribution in [3.8, 4) is 11.3 Å². The van der Waals surface area contributed by atoms with Crippen LogP contribution >= 0.6 is 11.6 Å². The zero-order valence-corrected chi connectivity index (χ0v) is 33.9. The summed E-state index contributed by atoms with van der Waals surface area (Å²) >= 11 is 6.41. The van der Waals surface area contributed by atoms with Crippen LogP contribution in [0.2, 0.25) is 5.02 Å². The van der Waals surface area contributed by atoms with E-state index in [2.05, 4.69) is 60.9 Å². The summed E-state index contributed by atoms with van der Waals surface area (Å²) in [5.41, 5.74) is 5.65. The lowest BCUT2D eigenvalue weighted by atomic mass is 9.92. The lowest BCUT2D eigenvalue weighted by Gasteiger charge is -2.36. The van der Waals surface area contributed by atoms with Crippen molar-refractivity contribution in [3.63, 3.8) is 0 Å². The number of hydrogen-bond donors (Lipinski definition) is 3. The van der Waals surface area contributed by atoms with Crippen molar-refractivity contribution >= 4 is 63.3 Å². The number of imidazole rings is 1. The van der Waals surface area contributed by atoms with Crippen LogP contribution in [0.5, 0.6) is 0 Å². The molecule has 3 N–H and O–H groups in total. The fourth-order valence-electron chi connectivity index (χ4n) is 8.32. The van der Waals surface area contributed by atoms with E-state index in [9.17, 15) is 19.2 Å². The Morgan fingerprint density at radius 2 is 1.69 bits per heavy atom. The Balaban J connectivity index is 0.00000150. The van der Waals surface area contributed by atoms with Crippen molar-refractivity contribution in [2.45, 2.75) is 63.8 Å². The average molecular weight is 807 g/mol.